The quantitative estimate of drug-likeness (QED) is 0.215. The molecule has 1 heterocycles. The molecule has 8 nitrogen and oxygen atoms in total. The summed E-state index contributed by atoms with van der Waals surface area (Å²) >= 11 is 2.17. The van der Waals surface area contributed by atoms with Crippen molar-refractivity contribution in [2.24, 2.45) is 0 Å². The number of benzene rings is 1. The van der Waals surface area contributed by atoms with Crippen molar-refractivity contribution in [3.63, 3.8) is 0 Å². The van der Waals surface area contributed by atoms with E-state index in [0.717, 1.165) is 48.5 Å². The molecule has 0 spiro atoms. The summed E-state index contributed by atoms with van der Waals surface area (Å²) < 4.78 is 12.9. The molecule has 1 fully saturated rings. The molecule has 4 atom stereocenters. The van der Waals surface area contributed by atoms with Crippen molar-refractivity contribution in [1.82, 2.24) is 10.2 Å². The molecule has 206 valence electrons. The maximum Gasteiger partial charge on any atom is 0.247 e. The molecule has 0 aromatic heterocycles. The van der Waals surface area contributed by atoms with E-state index in [1.807, 2.05) is 24.3 Å². The monoisotopic (exact) mass is 628 g/mol. The van der Waals surface area contributed by atoms with Gasteiger partial charge >= 0.3 is 0 Å². The number of unbranched alkanes of at least 4 members (excludes halogenated alkanes) is 4. The minimum atomic E-state index is -1.02. The van der Waals surface area contributed by atoms with Crippen LogP contribution in [0.3, 0.4) is 0 Å². The summed E-state index contributed by atoms with van der Waals surface area (Å²) in [5.41, 5.74) is 0.438. The number of aliphatic hydroxyl groups is 2. The Kier molecular flexibility index (Phi) is 12.6. The van der Waals surface area contributed by atoms with Crippen LogP contribution in [0.1, 0.15) is 64.7 Å². The number of halogens is 1. The summed E-state index contributed by atoms with van der Waals surface area (Å²) in [7, 11) is 0. The van der Waals surface area contributed by atoms with Crippen molar-refractivity contribution in [2.75, 3.05) is 26.3 Å². The lowest BCUT2D eigenvalue weighted by Crippen LogP contribution is -2.56. The van der Waals surface area contributed by atoms with E-state index >= 15 is 0 Å². The number of hydrogen-bond donors (Lipinski definition) is 3. The van der Waals surface area contributed by atoms with Crippen molar-refractivity contribution in [3.8, 4) is 5.75 Å². The summed E-state index contributed by atoms with van der Waals surface area (Å²) in [5, 5.41) is 23.4. The molecule has 9 heteroatoms. The number of rotatable bonds is 14. The predicted octanol–water partition coefficient (Wildman–Crippen LogP) is 3.57. The van der Waals surface area contributed by atoms with Crippen LogP contribution >= 0.6 is 22.6 Å². The Balaban J connectivity index is 1.84. The molecular formula is C28H41IN2O6. The largest absolute Gasteiger partial charge is 0.482 e. The van der Waals surface area contributed by atoms with Crippen molar-refractivity contribution in [3.05, 3.63) is 39.5 Å². The second kappa shape index (κ2) is 15.7. The molecule has 1 aromatic rings. The molecule has 3 rings (SSSR count). The van der Waals surface area contributed by atoms with Gasteiger partial charge in [-0.3, -0.25) is 9.59 Å². The van der Waals surface area contributed by atoms with Gasteiger partial charge in [-0.25, -0.2) is 0 Å². The molecule has 2 aliphatic rings. The van der Waals surface area contributed by atoms with Gasteiger partial charge in [-0.05, 0) is 60.1 Å². The maximum absolute atomic E-state index is 13.5. The Hall–Kier alpha value is -1.69. The summed E-state index contributed by atoms with van der Waals surface area (Å²) in [5.74, 6) is 0.250. The third-order valence-electron chi connectivity index (χ3n) is 6.95. The minimum absolute atomic E-state index is 0.0268. The van der Waals surface area contributed by atoms with Crippen LogP contribution in [0.15, 0.2) is 35.9 Å². The minimum Gasteiger partial charge on any atom is -0.482 e. The van der Waals surface area contributed by atoms with Crippen LogP contribution in [0.25, 0.3) is 0 Å². The highest BCUT2D eigenvalue weighted by molar-refractivity contribution is 14.1. The fraction of sp³-hybridized carbons (Fsp3) is 0.643. The lowest BCUT2D eigenvalue weighted by atomic mass is 9.87. The average Bonchev–Trinajstić information content (AvgIpc) is 3.41. The molecule has 0 saturated carbocycles. The van der Waals surface area contributed by atoms with E-state index in [-0.39, 0.29) is 37.5 Å². The summed E-state index contributed by atoms with van der Waals surface area (Å²) in [4.78, 5) is 28.2. The van der Waals surface area contributed by atoms with E-state index < -0.39 is 18.2 Å². The first-order valence-corrected chi connectivity index (χ1v) is 14.6. The second-order valence-electron chi connectivity index (χ2n) is 9.79. The van der Waals surface area contributed by atoms with Gasteiger partial charge in [-0.15, -0.1) is 0 Å². The summed E-state index contributed by atoms with van der Waals surface area (Å²) in [6, 6.07) is 6.87. The second-order valence-corrected chi connectivity index (χ2v) is 11.0. The molecule has 1 aliphatic heterocycles. The average molecular weight is 629 g/mol. The molecule has 2 amide bonds. The fourth-order valence-electron chi connectivity index (χ4n) is 4.92. The number of aliphatic hydroxyl groups excluding tert-OH is 2. The Morgan fingerprint density at radius 1 is 1.22 bits per heavy atom. The number of nitrogens with zero attached hydrogens (tertiary/aromatic N) is 1. The topological polar surface area (TPSA) is 108 Å². The summed E-state index contributed by atoms with van der Waals surface area (Å²) in [6.45, 7) is 3.17. The molecule has 1 aliphatic carbocycles. The standard InChI is InChI=1S/C28H41IN2O6/c1-2-3-4-5-6-13-26(33)31(19-21-10-9-16-36-21)23-17-20(28(35)30-14-15-32)18-25(27(23)34)37-24-12-8-7-11-22(24)29/h7-8,11-12,18,21,23,25,27,32,34H,2-6,9-10,13-17,19H2,1H3,(H,30,35)/t21-,23-,25+,27+/m1/s1. The Morgan fingerprint density at radius 3 is 2.70 bits per heavy atom. The third kappa shape index (κ3) is 8.94. The van der Waals surface area contributed by atoms with Crippen LogP contribution in [-0.2, 0) is 14.3 Å². The number of para-hydroxylation sites is 1. The van der Waals surface area contributed by atoms with Crippen LogP contribution in [0, 0.1) is 3.57 Å². The number of carbonyl (C=O) groups is 2. The lowest BCUT2D eigenvalue weighted by molar-refractivity contribution is -0.141. The maximum atomic E-state index is 13.5. The molecule has 1 aromatic carbocycles. The molecule has 0 radical (unpaired) electrons. The first kappa shape index (κ1) is 29.9. The molecule has 0 unspecified atom stereocenters. The van der Waals surface area contributed by atoms with Gasteiger partial charge in [-0.1, -0.05) is 44.7 Å². The zero-order valence-corrected chi connectivity index (χ0v) is 23.9. The van der Waals surface area contributed by atoms with E-state index in [9.17, 15) is 19.8 Å². The van der Waals surface area contributed by atoms with Gasteiger partial charge in [-0.2, -0.15) is 0 Å². The van der Waals surface area contributed by atoms with E-state index in [1.165, 1.54) is 0 Å². The van der Waals surface area contributed by atoms with Gasteiger partial charge in [0.25, 0.3) is 0 Å². The molecule has 3 N–H and O–H groups in total. The Bertz CT molecular complexity index is 904. The van der Waals surface area contributed by atoms with Gasteiger partial charge in [0.1, 0.15) is 18.0 Å². The number of ether oxygens (including phenoxy) is 2. The highest BCUT2D eigenvalue weighted by atomic mass is 127. The van der Waals surface area contributed by atoms with Crippen molar-refractivity contribution < 1.29 is 29.3 Å². The highest BCUT2D eigenvalue weighted by Crippen LogP contribution is 2.31. The van der Waals surface area contributed by atoms with Gasteiger partial charge in [0, 0.05) is 38.1 Å². The van der Waals surface area contributed by atoms with Crippen LogP contribution < -0.4 is 10.1 Å². The molecule has 1 saturated heterocycles. The smallest absolute Gasteiger partial charge is 0.247 e. The zero-order chi connectivity index (χ0) is 26.6. The number of amides is 2. The SMILES string of the molecule is CCCCCCCC(=O)N(C[C@H]1CCCO1)[C@@H]1CC(C(=O)NCCO)=C[C@H](Oc2ccccc2I)[C@H]1O. The number of hydrogen-bond acceptors (Lipinski definition) is 6. The van der Waals surface area contributed by atoms with Crippen molar-refractivity contribution in [2.45, 2.75) is 89.1 Å². The van der Waals surface area contributed by atoms with Gasteiger partial charge in [0.05, 0.1) is 22.3 Å². The first-order chi connectivity index (χ1) is 17.9. The van der Waals surface area contributed by atoms with E-state index in [1.54, 1.807) is 11.0 Å². The van der Waals surface area contributed by atoms with Crippen LogP contribution in [0.5, 0.6) is 5.75 Å². The molecule has 0 bridgehead atoms. The van der Waals surface area contributed by atoms with Gasteiger partial charge < -0.3 is 29.9 Å². The van der Waals surface area contributed by atoms with Crippen LogP contribution in [0.4, 0.5) is 0 Å². The third-order valence-corrected chi connectivity index (χ3v) is 7.84. The summed E-state index contributed by atoms with van der Waals surface area (Å²) in [6.07, 6.45) is 7.35. The Labute approximate surface area is 233 Å². The Morgan fingerprint density at radius 2 is 2.00 bits per heavy atom. The van der Waals surface area contributed by atoms with E-state index in [2.05, 4.69) is 34.8 Å². The van der Waals surface area contributed by atoms with Crippen LogP contribution in [0.2, 0.25) is 0 Å². The molecule has 37 heavy (non-hydrogen) atoms. The van der Waals surface area contributed by atoms with E-state index in [4.69, 9.17) is 9.47 Å². The van der Waals surface area contributed by atoms with Crippen LogP contribution in [-0.4, -0.2) is 77.6 Å². The normalized spacial score (nSPS) is 23.4. The van der Waals surface area contributed by atoms with Crippen molar-refractivity contribution in [1.29, 1.82) is 0 Å². The molecular weight excluding hydrogens is 587 g/mol. The predicted molar refractivity (Wildman–Crippen MR) is 150 cm³/mol. The fourth-order valence-corrected chi connectivity index (χ4v) is 5.43. The highest BCUT2D eigenvalue weighted by Gasteiger charge is 2.41. The number of nitrogens with one attached hydrogen (secondary N) is 1. The lowest BCUT2D eigenvalue weighted by Gasteiger charge is -2.41. The van der Waals surface area contributed by atoms with Gasteiger partial charge in [0.15, 0.2) is 0 Å². The zero-order valence-electron chi connectivity index (χ0n) is 21.7. The number of carbonyl (C=O) groups excluding carboxylic acids is 2. The van der Waals surface area contributed by atoms with Gasteiger partial charge in [0.2, 0.25) is 11.8 Å². The van der Waals surface area contributed by atoms with Crippen molar-refractivity contribution >= 4 is 34.4 Å². The van der Waals surface area contributed by atoms with E-state index in [0.29, 0.717) is 30.9 Å². The first-order valence-electron chi connectivity index (χ1n) is 13.5.